The predicted molar refractivity (Wildman–Crippen MR) is 71.5 cm³/mol. The standard InChI is InChI=1S/C13H22O3Si/c1-4-14-17(15-5-2,16-6-3)12-11-13-9-7-8-10-13/h7-13H,4-6H2,1-3H3/b12-11+. The van der Waals surface area contributed by atoms with Crippen LogP contribution in [0.5, 0.6) is 0 Å². The molecule has 0 unspecified atom stereocenters. The van der Waals surface area contributed by atoms with Gasteiger partial charge >= 0.3 is 8.80 Å². The normalized spacial score (nSPS) is 16.4. The maximum absolute atomic E-state index is 5.73. The Morgan fingerprint density at radius 2 is 1.41 bits per heavy atom. The third-order valence-electron chi connectivity index (χ3n) is 2.34. The van der Waals surface area contributed by atoms with Gasteiger partial charge in [0, 0.05) is 25.7 Å². The zero-order chi connectivity index (χ0) is 12.6. The number of hydrogen-bond donors (Lipinski definition) is 0. The van der Waals surface area contributed by atoms with Crippen LogP contribution in [-0.2, 0) is 13.3 Å². The first-order valence-corrected chi connectivity index (χ1v) is 8.02. The van der Waals surface area contributed by atoms with Gasteiger partial charge in [-0.05, 0) is 26.5 Å². The lowest BCUT2D eigenvalue weighted by atomic mass is 10.2. The Morgan fingerprint density at radius 3 is 1.82 bits per heavy atom. The van der Waals surface area contributed by atoms with Crippen molar-refractivity contribution >= 4 is 8.80 Å². The monoisotopic (exact) mass is 254 g/mol. The van der Waals surface area contributed by atoms with E-state index in [-0.39, 0.29) is 0 Å². The van der Waals surface area contributed by atoms with Gasteiger partial charge in [0.05, 0.1) is 0 Å². The fraction of sp³-hybridized carbons (Fsp3) is 0.538. The van der Waals surface area contributed by atoms with Gasteiger partial charge in [0.1, 0.15) is 0 Å². The third-order valence-corrected chi connectivity index (χ3v) is 5.01. The summed E-state index contributed by atoms with van der Waals surface area (Å²) in [6.45, 7) is 7.70. The van der Waals surface area contributed by atoms with E-state index < -0.39 is 8.80 Å². The lowest BCUT2D eigenvalue weighted by molar-refractivity contribution is 0.0842. The fourth-order valence-corrected chi connectivity index (χ4v) is 3.88. The molecular weight excluding hydrogens is 232 g/mol. The number of rotatable bonds is 8. The predicted octanol–water partition coefficient (Wildman–Crippen LogP) is 2.87. The lowest BCUT2D eigenvalue weighted by Crippen LogP contribution is -2.44. The van der Waals surface area contributed by atoms with Crippen LogP contribution in [0.1, 0.15) is 20.8 Å². The van der Waals surface area contributed by atoms with Crippen LogP contribution in [0.15, 0.2) is 36.1 Å². The quantitative estimate of drug-likeness (QED) is 0.623. The van der Waals surface area contributed by atoms with Crippen molar-refractivity contribution in [1.82, 2.24) is 0 Å². The van der Waals surface area contributed by atoms with Crippen molar-refractivity contribution in [1.29, 1.82) is 0 Å². The van der Waals surface area contributed by atoms with Gasteiger partial charge in [0.15, 0.2) is 0 Å². The van der Waals surface area contributed by atoms with E-state index in [0.717, 1.165) is 0 Å². The summed E-state index contributed by atoms with van der Waals surface area (Å²) in [6.07, 6.45) is 10.4. The Kier molecular flexibility index (Phi) is 6.43. The molecule has 4 heteroatoms. The molecule has 0 N–H and O–H groups in total. The largest absolute Gasteiger partial charge is 0.529 e. The molecule has 1 aliphatic rings. The second kappa shape index (κ2) is 7.61. The van der Waals surface area contributed by atoms with Crippen molar-refractivity contribution in [2.45, 2.75) is 20.8 Å². The molecule has 0 heterocycles. The van der Waals surface area contributed by atoms with E-state index in [1.165, 1.54) is 0 Å². The highest BCUT2D eigenvalue weighted by atomic mass is 28.4. The average molecular weight is 254 g/mol. The van der Waals surface area contributed by atoms with E-state index in [9.17, 15) is 0 Å². The van der Waals surface area contributed by atoms with Crippen LogP contribution in [0.3, 0.4) is 0 Å². The SMILES string of the molecule is CCO[Si](/C=C/C1C=CC=C1)(OCC)OCC. The van der Waals surface area contributed by atoms with E-state index in [2.05, 4.69) is 18.2 Å². The van der Waals surface area contributed by atoms with Crippen molar-refractivity contribution in [2.75, 3.05) is 19.8 Å². The van der Waals surface area contributed by atoms with Crippen molar-refractivity contribution in [3.63, 3.8) is 0 Å². The Hall–Kier alpha value is -0.683. The molecule has 0 spiro atoms. The average Bonchev–Trinajstić information content (AvgIpc) is 2.80. The van der Waals surface area contributed by atoms with Crippen LogP contribution in [0.4, 0.5) is 0 Å². The van der Waals surface area contributed by atoms with Gasteiger partial charge in [0.25, 0.3) is 0 Å². The Balaban J connectivity index is 2.71. The lowest BCUT2D eigenvalue weighted by Gasteiger charge is -2.25. The Labute approximate surface area is 105 Å². The molecule has 0 amide bonds. The summed E-state index contributed by atoms with van der Waals surface area (Å²) < 4.78 is 17.2. The van der Waals surface area contributed by atoms with E-state index in [4.69, 9.17) is 13.3 Å². The highest BCUT2D eigenvalue weighted by molar-refractivity contribution is 6.66. The molecule has 1 aliphatic carbocycles. The van der Waals surface area contributed by atoms with Gasteiger partial charge in [-0.1, -0.05) is 30.4 Å². The first-order valence-electron chi connectivity index (χ1n) is 6.22. The molecular formula is C13H22O3Si. The van der Waals surface area contributed by atoms with Gasteiger partial charge in [-0.15, -0.1) is 0 Å². The maximum Gasteiger partial charge on any atom is 0.529 e. The molecule has 0 aromatic rings. The Morgan fingerprint density at radius 1 is 0.941 bits per heavy atom. The molecule has 0 atom stereocenters. The summed E-state index contributed by atoms with van der Waals surface area (Å²) in [5.74, 6) is 0.336. The summed E-state index contributed by atoms with van der Waals surface area (Å²) >= 11 is 0. The van der Waals surface area contributed by atoms with Gasteiger partial charge < -0.3 is 13.3 Å². The number of allylic oxidation sites excluding steroid dienone is 5. The van der Waals surface area contributed by atoms with Crippen molar-refractivity contribution in [3.05, 3.63) is 36.1 Å². The molecule has 0 saturated heterocycles. The van der Waals surface area contributed by atoms with Crippen molar-refractivity contribution in [3.8, 4) is 0 Å². The third kappa shape index (κ3) is 4.59. The molecule has 17 heavy (non-hydrogen) atoms. The van der Waals surface area contributed by atoms with Crippen LogP contribution < -0.4 is 0 Å². The smallest absolute Gasteiger partial charge is 0.371 e. The van der Waals surface area contributed by atoms with Crippen molar-refractivity contribution < 1.29 is 13.3 Å². The molecule has 0 radical (unpaired) electrons. The molecule has 0 saturated carbocycles. The minimum absolute atomic E-state index is 0.336. The highest BCUT2D eigenvalue weighted by Crippen LogP contribution is 2.16. The maximum atomic E-state index is 5.73. The minimum atomic E-state index is -2.61. The van der Waals surface area contributed by atoms with Crippen LogP contribution >= 0.6 is 0 Å². The molecule has 96 valence electrons. The summed E-state index contributed by atoms with van der Waals surface area (Å²) in [7, 11) is -2.61. The number of hydrogen-bond acceptors (Lipinski definition) is 3. The second-order valence-electron chi connectivity index (χ2n) is 3.61. The van der Waals surface area contributed by atoms with Gasteiger partial charge in [-0.3, -0.25) is 0 Å². The second-order valence-corrected chi connectivity index (χ2v) is 6.02. The first-order chi connectivity index (χ1) is 8.26. The van der Waals surface area contributed by atoms with Crippen molar-refractivity contribution in [2.24, 2.45) is 5.92 Å². The molecule has 0 aromatic carbocycles. The van der Waals surface area contributed by atoms with Gasteiger partial charge in [-0.2, -0.15) is 0 Å². The topological polar surface area (TPSA) is 27.7 Å². The molecule has 3 nitrogen and oxygen atoms in total. The molecule has 0 aromatic heterocycles. The zero-order valence-electron chi connectivity index (χ0n) is 10.9. The summed E-state index contributed by atoms with van der Waals surface area (Å²) in [5, 5.41) is 0. The van der Waals surface area contributed by atoms with Crippen LogP contribution in [0.25, 0.3) is 0 Å². The fourth-order valence-electron chi connectivity index (χ4n) is 1.68. The van der Waals surface area contributed by atoms with Crippen LogP contribution in [0, 0.1) is 5.92 Å². The zero-order valence-corrected chi connectivity index (χ0v) is 11.9. The first kappa shape index (κ1) is 14.4. The van der Waals surface area contributed by atoms with E-state index in [0.29, 0.717) is 25.7 Å². The summed E-state index contributed by atoms with van der Waals surface area (Å²) in [4.78, 5) is 0. The van der Waals surface area contributed by atoms with Crippen LogP contribution in [0.2, 0.25) is 0 Å². The minimum Gasteiger partial charge on any atom is -0.371 e. The summed E-state index contributed by atoms with van der Waals surface area (Å²) in [5.41, 5.74) is 1.99. The molecule has 0 fully saturated rings. The van der Waals surface area contributed by atoms with Gasteiger partial charge in [-0.25, -0.2) is 0 Å². The highest BCUT2D eigenvalue weighted by Gasteiger charge is 2.37. The Bertz CT molecular complexity index is 268. The molecule has 1 rings (SSSR count). The van der Waals surface area contributed by atoms with E-state index >= 15 is 0 Å². The van der Waals surface area contributed by atoms with E-state index in [1.54, 1.807) is 0 Å². The van der Waals surface area contributed by atoms with Gasteiger partial charge in [0.2, 0.25) is 0 Å². The van der Waals surface area contributed by atoms with E-state index in [1.807, 2.05) is 38.6 Å². The molecule has 0 bridgehead atoms. The van der Waals surface area contributed by atoms with Crippen LogP contribution in [-0.4, -0.2) is 28.6 Å². The summed E-state index contributed by atoms with van der Waals surface area (Å²) in [6, 6.07) is 0. The molecule has 0 aliphatic heterocycles.